The summed E-state index contributed by atoms with van der Waals surface area (Å²) in [5, 5.41) is 19.1. The SMILES string of the molecule is CCOc1ccc(-c2nnc(SCC#CCOC(=O)c3cccc([N+](=O)[O-])c3)o2)cc1. The highest BCUT2D eigenvalue weighted by Crippen LogP contribution is 2.24. The van der Waals surface area contributed by atoms with Crippen molar-refractivity contribution in [1.29, 1.82) is 0 Å². The summed E-state index contributed by atoms with van der Waals surface area (Å²) in [7, 11) is 0. The van der Waals surface area contributed by atoms with Gasteiger partial charge in [-0.25, -0.2) is 4.79 Å². The van der Waals surface area contributed by atoms with E-state index in [2.05, 4.69) is 22.0 Å². The highest BCUT2D eigenvalue weighted by atomic mass is 32.2. The molecule has 9 nitrogen and oxygen atoms in total. The Hall–Kier alpha value is -3.84. The van der Waals surface area contributed by atoms with Crippen molar-refractivity contribution >= 4 is 23.4 Å². The molecule has 158 valence electrons. The number of esters is 1. The normalized spacial score (nSPS) is 10.1. The van der Waals surface area contributed by atoms with Crippen LogP contribution >= 0.6 is 11.8 Å². The van der Waals surface area contributed by atoms with Gasteiger partial charge in [0.15, 0.2) is 6.61 Å². The summed E-state index contributed by atoms with van der Waals surface area (Å²) in [4.78, 5) is 22.1. The lowest BCUT2D eigenvalue weighted by molar-refractivity contribution is -0.384. The molecule has 0 spiro atoms. The zero-order valence-corrected chi connectivity index (χ0v) is 17.3. The molecule has 0 bridgehead atoms. The molecule has 0 aliphatic rings. The Morgan fingerprint density at radius 1 is 1.19 bits per heavy atom. The fourth-order valence-electron chi connectivity index (χ4n) is 2.38. The van der Waals surface area contributed by atoms with Crippen LogP contribution in [-0.4, -0.2) is 40.1 Å². The number of ether oxygens (including phenoxy) is 2. The largest absolute Gasteiger partial charge is 0.494 e. The number of aromatic nitrogens is 2. The van der Waals surface area contributed by atoms with Gasteiger partial charge >= 0.3 is 5.97 Å². The highest BCUT2D eigenvalue weighted by Gasteiger charge is 2.12. The quantitative estimate of drug-likeness (QED) is 0.169. The third-order valence-electron chi connectivity index (χ3n) is 3.78. The summed E-state index contributed by atoms with van der Waals surface area (Å²) in [5.41, 5.74) is 0.695. The molecule has 0 saturated carbocycles. The van der Waals surface area contributed by atoms with Crippen molar-refractivity contribution < 1.29 is 23.6 Å². The van der Waals surface area contributed by atoms with E-state index in [1.807, 2.05) is 31.2 Å². The van der Waals surface area contributed by atoms with Crippen LogP contribution in [0.5, 0.6) is 5.75 Å². The smallest absolute Gasteiger partial charge is 0.339 e. The number of carbonyl (C=O) groups excluding carboxylic acids is 1. The number of hydrogen-bond acceptors (Lipinski definition) is 9. The molecule has 0 aliphatic heterocycles. The van der Waals surface area contributed by atoms with Gasteiger partial charge in [0, 0.05) is 17.7 Å². The fourth-order valence-corrected chi connectivity index (χ4v) is 2.91. The molecule has 0 radical (unpaired) electrons. The van der Waals surface area contributed by atoms with Crippen LogP contribution in [0.3, 0.4) is 0 Å². The van der Waals surface area contributed by atoms with E-state index in [0.29, 0.717) is 23.5 Å². The summed E-state index contributed by atoms with van der Waals surface area (Å²) in [5.74, 6) is 6.36. The van der Waals surface area contributed by atoms with Gasteiger partial charge in [0.2, 0.25) is 5.89 Å². The van der Waals surface area contributed by atoms with Gasteiger partial charge < -0.3 is 13.9 Å². The van der Waals surface area contributed by atoms with Crippen LogP contribution in [0.2, 0.25) is 0 Å². The number of nitrogens with zero attached hydrogens (tertiary/aromatic N) is 3. The third kappa shape index (κ3) is 6.32. The van der Waals surface area contributed by atoms with E-state index in [1.54, 1.807) is 0 Å². The first kappa shape index (κ1) is 21.9. The Morgan fingerprint density at radius 2 is 2.00 bits per heavy atom. The number of rotatable bonds is 8. The van der Waals surface area contributed by atoms with Crippen molar-refractivity contribution in [2.24, 2.45) is 0 Å². The summed E-state index contributed by atoms with van der Waals surface area (Å²) in [6.45, 7) is 2.37. The van der Waals surface area contributed by atoms with Crippen LogP contribution in [0.25, 0.3) is 11.5 Å². The molecule has 3 aromatic rings. The van der Waals surface area contributed by atoms with Gasteiger partial charge in [-0.2, -0.15) is 0 Å². The van der Waals surface area contributed by atoms with Gasteiger partial charge in [-0.05, 0) is 37.3 Å². The molecule has 3 rings (SSSR count). The van der Waals surface area contributed by atoms with Crippen molar-refractivity contribution in [2.75, 3.05) is 19.0 Å². The molecule has 0 amide bonds. The lowest BCUT2D eigenvalue weighted by atomic mass is 10.2. The van der Waals surface area contributed by atoms with Gasteiger partial charge in [-0.1, -0.05) is 29.7 Å². The first-order valence-corrected chi connectivity index (χ1v) is 10.1. The first-order valence-electron chi connectivity index (χ1n) is 9.13. The predicted molar refractivity (Wildman–Crippen MR) is 113 cm³/mol. The maximum atomic E-state index is 11.9. The molecule has 0 unspecified atom stereocenters. The Kier molecular flexibility index (Phi) is 7.61. The predicted octanol–water partition coefficient (Wildman–Crippen LogP) is 4.00. The van der Waals surface area contributed by atoms with Crippen LogP contribution in [0, 0.1) is 22.0 Å². The molecule has 0 atom stereocenters. The summed E-state index contributed by atoms with van der Waals surface area (Å²) in [6.07, 6.45) is 0. The molecule has 0 N–H and O–H groups in total. The first-order chi connectivity index (χ1) is 15.1. The Labute approximate surface area is 181 Å². The van der Waals surface area contributed by atoms with Gasteiger partial charge in [0.1, 0.15) is 5.75 Å². The molecule has 31 heavy (non-hydrogen) atoms. The fraction of sp³-hybridized carbons (Fsp3) is 0.190. The Morgan fingerprint density at radius 3 is 2.74 bits per heavy atom. The van der Waals surface area contributed by atoms with E-state index < -0.39 is 10.9 Å². The maximum absolute atomic E-state index is 11.9. The minimum atomic E-state index is -0.678. The average molecular weight is 439 g/mol. The van der Waals surface area contributed by atoms with Crippen molar-refractivity contribution in [3.8, 4) is 29.0 Å². The van der Waals surface area contributed by atoms with E-state index in [1.165, 1.54) is 30.0 Å². The Bertz CT molecular complexity index is 1120. The number of nitro groups is 1. The minimum Gasteiger partial charge on any atom is -0.494 e. The number of carbonyl (C=O) groups is 1. The standard InChI is InChI=1S/C21H17N3O6S/c1-2-28-18-10-8-15(9-11-18)19-22-23-21(30-19)31-13-4-3-12-29-20(25)16-6-5-7-17(14-16)24(26)27/h5-11,14H,2,12-13H2,1H3. The van der Waals surface area contributed by atoms with E-state index in [4.69, 9.17) is 13.9 Å². The van der Waals surface area contributed by atoms with Gasteiger partial charge in [0.05, 0.1) is 22.8 Å². The van der Waals surface area contributed by atoms with Gasteiger partial charge in [-0.3, -0.25) is 10.1 Å². The van der Waals surface area contributed by atoms with Crippen molar-refractivity contribution in [3.63, 3.8) is 0 Å². The van der Waals surface area contributed by atoms with E-state index >= 15 is 0 Å². The van der Waals surface area contributed by atoms with E-state index in [-0.39, 0.29) is 17.9 Å². The van der Waals surface area contributed by atoms with Crippen LogP contribution in [0.1, 0.15) is 17.3 Å². The van der Waals surface area contributed by atoms with Gasteiger partial charge in [0.25, 0.3) is 10.9 Å². The second kappa shape index (κ2) is 10.8. The average Bonchev–Trinajstić information content (AvgIpc) is 3.25. The second-order valence-electron chi connectivity index (χ2n) is 5.86. The highest BCUT2D eigenvalue weighted by molar-refractivity contribution is 7.99. The number of benzene rings is 2. The van der Waals surface area contributed by atoms with Crippen molar-refractivity contribution in [3.05, 3.63) is 64.2 Å². The van der Waals surface area contributed by atoms with Crippen molar-refractivity contribution in [1.82, 2.24) is 10.2 Å². The minimum absolute atomic E-state index is 0.0954. The second-order valence-corrected chi connectivity index (χ2v) is 6.78. The number of hydrogen-bond donors (Lipinski definition) is 0. The lowest BCUT2D eigenvalue weighted by Gasteiger charge is -2.02. The monoisotopic (exact) mass is 439 g/mol. The molecule has 10 heteroatoms. The Balaban J connectivity index is 1.45. The van der Waals surface area contributed by atoms with E-state index in [9.17, 15) is 14.9 Å². The number of non-ortho nitro benzene ring substituents is 1. The molecule has 1 heterocycles. The van der Waals surface area contributed by atoms with Crippen LogP contribution < -0.4 is 4.74 Å². The number of nitro benzene ring substituents is 1. The zero-order chi connectivity index (χ0) is 22.1. The molecule has 0 saturated heterocycles. The topological polar surface area (TPSA) is 118 Å². The van der Waals surface area contributed by atoms with Crippen LogP contribution in [0.15, 0.2) is 58.2 Å². The lowest BCUT2D eigenvalue weighted by Crippen LogP contribution is -2.05. The third-order valence-corrected chi connectivity index (χ3v) is 4.48. The molecule has 1 aromatic heterocycles. The molecular formula is C21H17N3O6S. The maximum Gasteiger partial charge on any atom is 0.339 e. The molecule has 0 fully saturated rings. The van der Waals surface area contributed by atoms with E-state index in [0.717, 1.165) is 17.4 Å². The van der Waals surface area contributed by atoms with Crippen LogP contribution in [0.4, 0.5) is 5.69 Å². The molecule has 2 aromatic carbocycles. The van der Waals surface area contributed by atoms with Crippen LogP contribution in [-0.2, 0) is 4.74 Å². The number of thioether (sulfide) groups is 1. The van der Waals surface area contributed by atoms with Crippen molar-refractivity contribution in [2.45, 2.75) is 12.1 Å². The summed E-state index contributed by atoms with van der Waals surface area (Å²) in [6, 6.07) is 12.6. The molecule has 0 aliphatic carbocycles. The summed E-state index contributed by atoms with van der Waals surface area (Å²) < 4.78 is 16.0. The zero-order valence-electron chi connectivity index (χ0n) is 16.4. The van der Waals surface area contributed by atoms with Gasteiger partial charge in [-0.15, -0.1) is 10.2 Å². The summed E-state index contributed by atoms with van der Waals surface area (Å²) >= 11 is 1.25. The molecular weight excluding hydrogens is 422 g/mol.